The van der Waals surface area contributed by atoms with Crippen molar-refractivity contribution in [3.05, 3.63) is 18.2 Å². The van der Waals surface area contributed by atoms with Gasteiger partial charge in [-0.05, 0) is 19.8 Å². The lowest BCUT2D eigenvalue weighted by Gasteiger charge is -2.22. The van der Waals surface area contributed by atoms with Gasteiger partial charge < -0.3 is 48.3 Å². The molecular formula is C18H31N9O6. The average Bonchev–Trinajstić information content (AvgIpc) is 3.26. The van der Waals surface area contributed by atoms with Crippen LogP contribution in [0.5, 0.6) is 0 Å². The second-order valence-corrected chi connectivity index (χ2v) is 7.21. The number of aliphatic hydroxyl groups is 1. The molecule has 4 atom stereocenters. The van der Waals surface area contributed by atoms with Crippen LogP contribution in [0.2, 0.25) is 0 Å². The third-order valence-corrected chi connectivity index (χ3v) is 4.47. The number of carbonyl (C=O) groups is 4. The molecule has 1 aromatic rings. The molecule has 0 saturated heterocycles. The number of hydrogen-bond acceptors (Lipinski definition) is 8. The van der Waals surface area contributed by atoms with Gasteiger partial charge in [0.1, 0.15) is 18.1 Å². The van der Waals surface area contributed by atoms with Crippen molar-refractivity contribution >= 4 is 29.7 Å². The fraction of sp³-hybridized carbons (Fsp3) is 0.556. The SMILES string of the molecule is CC(NC(=O)C(N)CCCN=C(N)N)C(=O)NC(CO)C(=O)NC(Cc1cnc[nH]1)C(=O)O. The second kappa shape index (κ2) is 13.6. The molecule has 15 heteroatoms. The van der Waals surface area contributed by atoms with Gasteiger partial charge in [-0.25, -0.2) is 9.78 Å². The molecule has 0 aromatic carbocycles. The Kier molecular flexibility index (Phi) is 11.3. The molecule has 0 fully saturated rings. The number of aromatic nitrogens is 2. The van der Waals surface area contributed by atoms with Crippen molar-refractivity contribution in [2.75, 3.05) is 13.2 Å². The first-order chi connectivity index (χ1) is 15.5. The van der Waals surface area contributed by atoms with Gasteiger partial charge in [0.2, 0.25) is 17.7 Å². The molecule has 0 aliphatic rings. The Morgan fingerprint density at radius 1 is 1.12 bits per heavy atom. The van der Waals surface area contributed by atoms with Crippen molar-refractivity contribution in [1.29, 1.82) is 0 Å². The zero-order valence-corrected chi connectivity index (χ0v) is 18.2. The maximum absolute atomic E-state index is 12.4. The fourth-order valence-electron chi connectivity index (χ4n) is 2.62. The van der Waals surface area contributed by atoms with Gasteiger partial charge in [0.05, 0.1) is 19.0 Å². The van der Waals surface area contributed by atoms with Gasteiger partial charge in [-0.3, -0.25) is 19.4 Å². The first-order valence-corrected chi connectivity index (χ1v) is 10.1. The number of hydrogen-bond donors (Lipinski definition) is 9. The Morgan fingerprint density at radius 3 is 2.33 bits per heavy atom. The van der Waals surface area contributed by atoms with E-state index in [9.17, 15) is 29.4 Å². The summed E-state index contributed by atoms with van der Waals surface area (Å²) in [6, 6.07) is -4.75. The topological polar surface area (TPSA) is 264 Å². The minimum absolute atomic E-state index is 0.0724. The van der Waals surface area contributed by atoms with Gasteiger partial charge in [0.25, 0.3) is 0 Å². The number of aliphatic carboxylic acids is 1. The van der Waals surface area contributed by atoms with Crippen LogP contribution in [0.3, 0.4) is 0 Å². The summed E-state index contributed by atoms with van der Waals surface area (Å²) in [6.07, 6.45) is 3.40. The van der Waals surface area contributed by atoms with E-state index in [-0.39, 0.29) is 18.8 Å². The van der Waals surface area contributed by atoms with Crippen molar-refractivity contribution in [2.24, 2.45) is 22.2 Å². The van der Waals surface area contributed by atoms with Crippen molar-refractivity contribution < 1.29 is 29.4 Å². The molecule has 0 spiro atoms. The Bertz CT molecular complexity index is 825. The lowest BCUT2D eigenvalue weighted by atomic mass is 10.1. The molecule has 33 heavy (non-hydrogen) atoms. The Labute approximate surface area is 189 Å². The number of carboxylic acids is 1. The number of carbonyl (C=O) groups excluding carboxylic acids is 3. The minimum atomic E-state index is -1.44. The predicted molar refractivity (Wildman–Crippen MR) is 116 cm³/mol. The summed E-state index contributed by atoms with van der Waals surface area (Å²) in [5.74, 6) is -3.66. The summed E-state index contributed by atoms with van der Waals surface area (Å²) in [6.45, 7) is 0.868. The zero-order valence-electron chi connectivity index (χ0n) is 18.2. The van der Waals surface area contributed by atoms with Crippen LogP contribution in [0.25, 0.3) is 0 Å². The molecule has 1 rings (SSSR count). The van der Waals surface area contributed by atoms with Crippen LogP contribution >= 0.6 is 0 Å². The van der Waals surface area contributed by atoms with E-state index < -0.39 is 54.5 Å². The number of aliphatic hydroxyl groups excluding tert-OH is 1. The molecule has 12 N–H and O–H groups in total. The number of imidazole rings is 1. The summed E-state index contributed by atoms with van der Waals surface area (Å²) in [4.78, 5) is 58.6. The molecule has 0 saturated carbocycles. The number of rotatable bonds is 14. The van der Waals surface area contributed by atoms with E-state index >= 15 is 0 Å². The minimum Gasteiger partial charge on any atom is -0.480 e. The predicted octanol–water partition coefficient (Wildman–Crippen LogP) is -4.12. The molecule has 15 nitrogen and oxygen atoms in total. The first-order valence-electron chi connectivity index (χ1n) is 10.1. The van der Waals surface area contributed by atoms with Crippen LogP contribution in [0.4, 0.5) is 0 Å². The summed E-state index contributed by atoms with van der Waals surface area (Å²) >= 11 is 0. The van der Waals surface area contributed by atoms with E-state index in [0.717, 1.165) is 0 Å². The third-order valence-electron chi connectivity index (χ3n) is 4.47. The van der Waals surface area contributed by atoms with Gasteiger partial charge in [-0.2, -0.15) is 0 Å². The summed E-state index contributed by atoms with van der Waals surface area (Å²) in [5, 5.41) is 25.7. The molecule has 0 aliphatic carbocycles. The van der Waals surface area contributed by atoms with Crippen LogP contribution in [-0.4, -0.2) is 87.2 Å². The molecular weight excluding hydrogens is 438 g/mol. The molecule has 0 bridgehead atoms. The van der Waals surface area contributed by atoms with Gasteiger partial charge in [0, 0.05) is 24.9 Å². The number of H-pyrrole nitrogens is 1. The van der Waals surface area contributed by atoms with Crippen LogP contribution < -0.4 is 33.2 Å². The quantitative estimate of drug-likeness (QED) is 0.0721. The first kappa shape index (κ1) is 27.3. The molecule has 0 radical (unpaired) electrons. The van der Waals surface area contributed by atoms with Crippen molar-refractivity contribution in [2.45, 2.75) is 50.4 Å². The lowest BCUT2D eigenvalue weighted by Crippen LogP contribution is -2.57. The largest absolute Gasteiger partial charge is 0.480 e. The Morgan fingerprint density at radius 2 is 1.79 bits per heavy atom. The molecule has 1 heterocycles. The van der Waals surface area contributed by atoms with E-state index in [1.165, 1.54) is 19.4 Å². The van der Waals surface area contributed by atoms with Gasteiger partial charge in [-0.15, -0.1) is 0 Å². The van der Waals surface area contributed by atoms with E-state index in [4.69, 9.17) is 17.2 Å². The summed E-state index contributed by atoms with van der Waals surface area (Å²) < 4.78 is 0. The molecule has 1 aromatic heterocycles. The summed E-state index contributed by atoms with van der Waals surface area (Å²) in [7, 11) is 0. The fourth-order valence-corrected chi connectivity index (χ4v) is 2.62. The third kappa shape index (κ3) is 9.96. The Balaban J connectivity index is 2.57. The second-order valence-electron chi connectivity index (χ2n) is 7.21. The van der Waals surface area contributed by atoms with E-state index in [1.807, 2.05) is 0 Å². The van der Waals surface area contributed by atoms with Crippen LogP contribution in [-0.2, 0) is 25.6 Å². The monoisotopic (exact) mass is 469 g/mol. The highest BCUT2D eigenvalue weighted by atomic mass is 16.4. The maximum Gasteiger partial charge on any atom is 0.326 e. The van der Waals surface area contributed by atoms with E-state index in [2.05, 4.69) is 30.9 Å². The lowest BCUT2D eigenvalue weighted by molar-refractivity contribution is -0.142. The van der Waals surface area contributed by atoms with E-state index in [0.29, 0.717) is 18.7 Å². The van der Waals surface area contributed by atoms with Crippen molar-refractivity contribution in [3.8, 4) is 0 Å². The number of amides is 3. The molecule has 4 unspecified atom stereocenters. The van der Waals surface area contributed by atoms with Crippen LogP contribution in [0, 0.1) is 0 Å². The zero-order chi connectivity index (χ0) is 25.0. The highest BCUT2D eigenvalue weighted by Gasteiger charge is 2.28. The summed E-state index contributed by atoms with van der Waals surface area (Å²) in [5.41, 5.74) is 16.7. The van der Waals surface area contributed by atoms with E-state index in [1.54, 1.807) is 0 Å². The normalized spacial score (nSPS) is 14.3. The number of nitrogens with two attached hydrogens (primary N) is 3. The van der Waals surface area contributed by atoms with Gasteiger partial charge >= 0.3 is 5.97 Å². The number of guanidine groups is 1. The smallest absolute Gasteiger partial charge is 0.326 e. The average molecular weight is 470 g/mol. The number of carboxylic acid groups (broad SMARTS) is 1. The maximum atomic E-state index is 12.4. The van der Waals surface area contributed by atoms with Gasteiger partial charge in [-0.1, -0.05) is 0 Å². The standard InChI is InChI=1S/C18H31N9O6/c1-9(25-15(30)11(19)3-2-4-23-18(20)21)14(29)27-13(7-28)16(31)26-12(17(32)33)5-10-6-22-8-24-10/h6,8-9,11-13,28H,2-5,7,19H2,1H3,(H,22,24)(H,25,30)(H,26,31)(H,27,29)(H,32,33)(H4,20,21,23). The highest BCUT2D eigenvalue weighted by molar-refractivity contribution is 5.94. The van der Waals surface area contributed by atoms with Crippen LogP contribution in [0.1, 0.15) is 25.5 Å². The number of nitrogens with zero attached hydrogens (tertiary/aromatic N) is 2. The van der Waals surface area contributed by atoms with Gasteiger partial charge in [0.15, 0.2) is 5.96 Å². The van der Waals surface area contributed by atoms with Crippen molar-refractivity contribution in [1.82, 2.24) is 25.9 Å². The van der Waals surface area contributed by atoms with Crippen LogP contribution in [0.15, 0.2) is 17.5 Å². The van der Waals surface area contributed by atoms with Crippen molar-refractivity contribution in [3.63, 3.8) is 0 Å². The number of aromatic amines is 1. The molecule has 0 aliphatic heterocycles. The number of nitrogens with one attached hydrogen (secondary N) is 4. The number of aliphatic imine (C=N–C) groups is 1. The highest BCUT2D eigenvalue weighted by Crippen LogP contribution is 2.01. The molecule has 3 amide bonds. The Hall–Kier alpha value is -3.72. The molecule has 184 valence electrons.